The zero-order valence-corrected chi connectivity index (χ0v) is 20.4. The van der Waals surface area contributed by atoms with Gasteiger partial charge in [0, 0.05) is 23.6 Å². The maximum Gasteiger partial charge on any atom is 0.340 e. The Kier molecular flexibility index (Phi) is 6.80. The molecule has 3 aromatic carbocycles. The van der Waals surface area contributed by atoms with E-state index in [2.05, 4.69) is 5.32 Å². The third-order valence-electron chi connectivity index (χ3n) is 6.81. The summed E-state index contributed by atoms with van der Waals surface area (Å²) in [6.07, 6.45) is -5.20. The van der Waals surface area contributed by atoms with Crippen LogP contribution in [-0.4, -0.2) is 69.6 Å². The minimum absolute atomic E-state index is 0.0694. The number of aromatic hydroxyl groups is 1. The van der Waals surface area contributed by atoms with E-state index in [1.807, 2.05) is 12.1 Å². The molecule has 6 atom stereocenters. The number of ether oxygens (including phenoxy) is 3. The van der Waals surface area contributed by atoms with E-state index in [0.717, 1.165) is 0 Å². The van der Waals surface area contributed by atoms with Gasteiger partial charge in [-0.3, -0.25) is 4.79 Å². The van der Waals surface area contributed by atoms with E-state index >= 15 is 0 Å². The van der Waals surface area contributed by atoms with Crippen LogP contribution in [0.1, 0.15) is 34.0 Å². The highest BCUT2D eigenvalue weighted by Crippen LogP contribution is 2.47. The molecule has 1 amide bonds. The van der Waals surface area contributed by atoms with Crippen molar-refractivity contribution in [2.45, 2.75) is 43.2 Å². The van der Waals surface area contributed by atoms with Crippen LogP contribution in [0.4, 0.5) is 0 Å². The molecule has 38 heavy (non-hydrogen) atoms. The first kappa shape index (κ1) is 25.7. The highest BCUT2D eigenvalue weighted by molar-refractivity contribution is 5.96. The van der Waals surface area contributed by atoms with Crippen LogP contribution in [0.15, 0.2) is 72.8 Å². The van der Waals surface area contributed by atoms with E-state index in [9.17, 15) is 30.0 Å². The summed E-state index contributed by atoms with van der Waals surface area (Å²) in [7, 11) is 0. The largest absolute Gasteiger partial charge is 0.508 e. The molecule has 2 aliphatic heterocycles. The molecule has 5 rings (SSSR count). The number of amides is 1. The molecule has 10 nitrogen and oxygen atoms in total. The van der Waals surface area contributed by atoms with E-state index in [1.54, 1.807) is 48.5 Å². The van der Waals surface area contributed by atoms with Crippen molar-refractivity contribution in [3.63, 3.8) is 0 Å². The lowest BCUT2D eigenvalue weighted by Crippen LogP contribution is -2.65. The molecule has 1 saturated heterocycles. The normalized spacial score (nSPS) is 28.3. The smallest absolute Gasteiger partial charge is 0.340 e. The zero-order valence-electron chi connectivity index (χ0n) is 20.4. The predicted molar refractivity (Wildman–Crippen MR) is 132 cm³/mol. The summed E-state index contributed by atoms with van der Waals surface area (Å²) in [6, 6.07) is 19.0. The summed E-state index contributed by atoms with van der Waals surface area (Å²) in [5.74, 6) is -0.577. The van der Waals surface area contributed by atoms with E-state index in [-0.39, 0.29) is 5.75 Å². The molecule has 0 aromatic heterocycles. The van der Waals surface area contributed by atoms with Crippen LogP contribution >= 0.6 is 0 Å². The summed E-state index contributed by atoms with van der Waals surface area (Å²) in [6.45, 7) is 0.691. The van der Waals surface area contributed by atoms with E-state index < -0.39 is 54.7 Å². The molecular formula is C28H27NO9. The Morgan fingerprint density at radius 3 is 2.24 bits per heavy atom. The number of carbonyl (C=O) groups is 2. The number of aliphatic hydroxyl groups is 3. The third kappa shape index (κ3) is 4.37. The third-order valence-corrected chi connectivity index (χ3v) is 6.81. The molecule has 1 unspecified atom stereocenters. The molecule has 0 saturated carbocycles. The van der Waals surface area contributed by atoms with Crippen molar-refractivity contribution in [3.8, 4) is 11.5 Å². The summed E-state index contributed by atoms with van der Waals surface area (Å²) in [5, 5.41) is 42.6. The molecule has 2 heterocycles. The predicted octanol–water partition coefficient (Wildman–Crippen LogP) is 1.18. The van der Waals surface area contributed by atoms with Crippen LogP contribution in [0.3, 0.4) is 0 Å². The number of carbonyl (C=O) groups excluding carboxylic acids is 2. The Balaban J connectivity index is 1.50. The quantitative estimate of drug-likeness (QED) is 0.301. The number of rotatable bonds is 6. The molecule has 0 bridgehead atoms. The first-order valence-electron chi connectivity index (χ1n) is 12.0. The molecule has 5 N–H and O–H groups in total. The second-order valence-corrected chi connectivity index (χ2v) is 9.24. The molecular weight excluding hydrogens is 494 g/mol. The van der Waals surface area contributed by atoms with Gasteiger partial charge in [-0.05, 0) is 30.3 Å². The van der Waals surface area contributed by atoms with Crippen LogP contribution < -0.4 is 10.1 Å². The zero-order chi connectivity index (χ0) is 27.0. The van der Waals surface area contributed by atoms with Crippen LogP contribution in [0.5, 0.6) is 11.5 Å². The number of phenols is 1. The number of phenolic OH excluding ortho intramolecular Hbond substituents is 1. The molecule has 1 fully saturated rings. The van der Waals surface area contributed by atoms with Crippen molar-refractivity contribution in [2.75, 3.05) is 6.61 Å². The van der Waals surface area contributed by atoms with Gasteiger partial charge in [-0.2, -0.15) is 0 Å². The van der Waals surface area contributed by atoms with Gasteiger partial charge in [0.2, 0.25) is 12.2 Å². The van der Waals surface area contributed by atoms with Crippen molar-refractivity contribution >= 4 is 11.9 Å². The van der Waals surface area contributed by atoms with Crippen molar-refractivity contribution < 1.29 is 44.2 Å². The number of nitrogens with one attached hydrogen (secondary N) is 1. The average Bonchev–Trinajstić information content (AvgIpc) is 3.22. The standard InChI is InChI=1S/C28H27NO9/c1-15(31)29-23-25(34)24(33)22(14-30)37-27(23)36-19-12-8-17(9-13-19)28(16-6-10-18(32)11-7-16)21-5-3-2-4-20(21)26(35)38-28/h2-13,22-25,27,30,32-34H,14H2,1H3,(H,29,31)/t22-,23-,24-,25-,27-,28?/m1/s1. The number of hydrogen-bond donors (Lipinski definition) is 5. The fourth-order valence-electron chi connectivity index (χ4n) is 4.98. The van der Waals surface area contributed by atoms with Crippen LogP contribution in [0, 0.1) is 0 Å². The Bertz CT molecular complexity index is 1330. The monoisotopic (exact) mass is 521 g/mol. The number of benzene rings is 3. The minimum Gasteiger partial charge on any atom is -0.508 e. The van der Waals surface area contributed by atoms with Gasteiger partial charge < -0.3 is 40.0 Å². The maximum absolute atomic E-state index is 12.9. The summed E-state index contributed by atoms with van der Waals surface area (Å²) < 4.78 is 17.6. The fraction of sp³-hybridized carbons (Fsp3) is 0.286. The Morgan fingerprint density at radius 2 is 1.61 bits per heavy atom. The van der Waals surface area contributed by atoms with Gasteiger partial charge in [-0.25, -0.2) is 4.79 Å². The fourth-order valence-corrected chi connectivity index (χ4v) is 4.98. The van der Waals surface area contributed by atoms with Crippen LogP contribution in [0.2, 0.25) is 0 Å². The molecule has 198 valence electrons. The molecule has 10 heteroatoms. The number of esters is 1. The number of fused-ring (bicyclic) bond motifs is 1. The molecule has 0 spiro atoms. The van der Waals surface area contributed by atoms with Crippen molar-refractivity contribution in [1.82, 2.24) is 5.32 Å². The van der Waals surface area contributed by atoms with Crippen LogP contribution in [-0.2, 0) is 19.9 Å². The van der Waals surface area contributed by atoms with Gasteiger partial charge in [0.25, 0.3) is 0 Å². The van der Waals surface area contributed by atoms with Crippen molar-refractivity contribution in [3.05, 3.63) is 95.1 Å². The highest BCUT2D eigenvalue weighted by Gasteiger charge is 2.49. The van der Waals surface area contributed by atoms with Gasteiger partial charge in [0.05, 0.1) is 12.2 Å². The van der Waals surface area contributed by atoms with Gasteiger partial charge in [-0.1, -0.05) is 42.5 Å². The van der Waals surface area contributed by atoms with E-state index in [0.29, 0.717) is 28.0 Å². The van der Waals surface area contributed by atoms with Gasteiger partial charge in [-0.15, -0.1) is 0 Å². The van der Waals surface area contributed by atoms with Gasteiger partial charge in [0.15, 0.2) is 5.60 Å². The number of hydrogen-bond acceptors (Lipinski definition) is 9. The Hall–Kier alpha value is -3.96. The first-order valence-corrected chi connectivity index (χ1v) is 12.0. The van der Waals surface area contributed by atoms with Gasteiger partial charge in [0.1, 0.15) is 35.9 Å². The average molecular weight is 522 g/mol. The van der Waals surface area contributed by atoms with E-state index in [1.165, 1.54) is 19.1 Å². The summed E-state index contributed by atoms with van der Waals surface area (Å²) >= 11 is 0. The maximum atomic E-state index is 12.9. The topological polar surface area (TPSA) is 155 Å². The molecule has 3 aromatic rings. The SMILES string of the molecule is CC(=O)N[C@H]1[C@H](Oc2ccc(C3(c4ccc(O)cc4)OC(=O)c4ccccc43)cc2)O[C@H](CO)[C@@H](O)[C@@H]1O. The highest BCUT2D eigenvalue weighted by atomic mass is 16.7. The molecule has 0 aliphatic carbocycles. The van der Waals surface area contributed by atoms with Gasteiger partial charge >= 0.3 is 5.97 Å². The Morgan fingerprint density at radius 1 is 0.974 bits per heavy atom. The molecule has 2 aliphatic rings. The van der Waals surface area contributed by atoms with E-state index in [4.69, 9.17) is 14.2 Å². The second-order valence-electron chi connectivity index (χ2n) is 9.24. The number of cyclic esters (lactones) is 1. The Labute approximate surface area is 218 Å². The summed E-state index contributed by atoms with van der Waals surface area (Å²) in [4.78, 5) is 24.6. The molecule has 0 radical (unpaired) electrons. The first-order chi connectivity index (χ1) is 18.2. The minimum atomic E-state index is -1.44. The number of aliphatic hydroxyl groups excluding tert-OH is 3. The lowest BCUT2D eigenvalue weighted by molar-refractivity contribution is -0.244. The lowest BCUT2D eigenvalue weighted by Gasteiger charge is -2.42. The van der Waals surface area contributed by atoms with Crippen LogP contribution in [0.25, 0.3) is 0 Å². The summed E-state index contributed by atoms with van der Waals surface area (Å²) in [5.41, 5.74) is 1.04. The second kappa shape index (κ2) is 10.1. The lowest BCUT2D eigenvalue weighted by atomic mass is 9.80. The van der Waals surface area contributed by atoms with Crippen molar-refractivity contribution in [2.24, 2.45) is 0 Å². The van der Waals surface area contributed by atoms with Crippen molar-refractivity contribution in [1.29, 1.82) is 0 Å².